The number of carboxylic acid groups (broad SMARTS) is 1. The number of nitroso groups, excluding NO2 is 1. The molecule has 1 aromatic carbocycles. The van der Waals surface area contributed by atoms with E-state index in [2.05, 4.69) is 5.18 Å². The molecular weight excluding hydrogens is 170 g/mol. The lowest BCUT2D eigenvalue weighted by atomic mass is 10.0. The van der Waals surface area contributed by atoms with Gasteiger partial charge in [0, 0.05) is 0 Å². The summed E-state index contributed by atoms with van der Waals surface area (Å²) in [6, 6.07) is 4.81. The molecule has 0 saturated heterocycles. The summed E-state index contributed by atoms with van der Waals surface area (Å²) in [5.74, 6) is -0.981. The molecule has 1 aromatic rings. The van der Waals surface area contributed by atoms with Crippen LogP contribution in [0.2, 0.25) is 0 Å². The highest BCUT2D eigenvalue weighted by Gasteiger charge is 2.09. The average molecular weight is 179 g/mol. The second-order valence-corrected chi connectivity index (χ2v) is 2.68. The molecule has 0 spiro atoms. The third-order valence-corrected chi connectivity index (χ3v) is 1.91. The third kappa shape index (κ3) is 1.90. The molecule has 0 aliphatic rings. The molecule has 1 rings (SSSR count). The van der Waals surface area contributed by atoms with Crippen molar-refractivity contribution in [2.45, 2.75) is 13.5 Å². The summed E-state index contributed by atoms with van der Waals surface area (Å²) in [4.78, 5) is 20.7. The molecule has 68 valence electrons. The largest absolute Gasteiger partial charge is 0.478 e. The van der Waals surface area contributed by atoms with Gasteiger partial charge in [-0.25, -0.2) is 4.79 Å². The Balaban J connectivity index is 3.17. The zero-order valence-electron chi connectivity index (χ0n) is 7.15. The minimum Gasteiger partial charge on any atom is -0.478 e. The predicted octanol–water partition coefficient (Wildman–Crippen LogP) is 1.96. The number of aromatic carboxylic acids is 1. The van der Waals surface area contributed by atoms with Crippen molar-refractivity contribution < 1.29 is 9.90 Å². The van der Waals surface area contributed by atoms with Crippen molar-refractivity contribution >= 4 is 5.97 Å². The summed E-state index contributed by atoms with van der Waals surface area (Å²) in [7, 11) is 0. The monoisotopic (exact) mass is 179 g/mol. The van der Waals surface area contributed by atoms with Crippen molar-refractivity contribution in [3.8, 4) is 0 Å². The Hall–Kier alpha value is -1.71. The van der Waals surface area contributed by atoms with Crippen LogP contribution in [0.15, 0.2) is 23.4 Å². The van der Waals surface area contributed by atoms with E-state index in [0.717, 1.165) is 0 Å². The van der Waals surface area contributed by atoms with Crippen molar-refractivity contribution in [1.29, 1.82) is 0 Å². The Bertz CT molecular complexity index is 347. The molecule has 0 unspecified atom stereocenters. The van der Waals surface area contributed by atoms with Gasteiger partial charge >= 0.3 is 5.97 Å². The van der Waals surface area contributed by atoms with E-state index in [9.17, 15) is 9.70 Å². The van der Waals surface area contributed by atoms with Crippen molar-refractivity contribution in [2.75, 3.05) is 0 Å². The number of hydrogen-bond donors (Lipinski definition) is 1. The van der Waals surface area contributed by atoms with Gasteiger partial charge in [-0.15, -0.1) is 0 Å². The lowest BCUT2D eigenvalue weighted by Crippen LogP contribution is -2.01. The fourth-order valence-electron chi connectivity index (χ4n) is 1.16. The first kappa shape index (κ1) is 9.38. The van der Waals surface area contributed by atoms with Crippen LogP contribution in [-0.2, 0) is 6.54 Å². The van der Waals surface area contributed by atoms with E-state index in [1.165, 1.54) is 6.07 Å². The van der Waals surface area contributed by atoms with Gasteiger partial charge in [-0.1, -0.05) is 17.3 Å². The minimum absolute atomic E-state index is 0.0208. The minimum atomic E-state index is -0.981. The summed E-state index contributed by atoms with van der Waals surface area (Å²) in [6.45, 7) is 1.69. The number of benzene rings is 1. The molecule has 0 atom stereocenters. The van der Waals surface area contributed by atoms with Gasteiger partial charge in [-0.05, 0) is 24.1 Å². The van der Waals surface area contributed by atoms with Gasteiger partial charge in [-0.3, -0.25) is 0 Å². The lowest BCUT2D eigenvalue weighted by molar-refractivity contribution is 0.0696. The second-order valence-electron chi connectivity index (χ2n) is 2.68. The first-order chi connectivity index (χ1) is 6.16. The van der Waals surface area contributed by atoms with Crippen LogP contribution in [0.1, 0.15) is 21.5 Å². The lowest BCUT2D eigenvalue weighted by Gasteiger charge is -2.04. The molecule has 0 saturated carbocycles. The summed E-state index contributed by atoms with van der Waals surface area (Å²) in [5.41, 5.74) is 1.49. The SMILES string of the molecule is Cc1c(CN=O)cccc1C(=O)O. The Labute approximate surface area is 75.2 Å². The van der Waals surface area contributed by atoms with Gasteiger partial charge < -0.3 is 5.11 Å². The molecule has 0 aliphatic heterocycles. The van der Waals surface area contributed by atoms with E-state index in [-0.39, 0.29) is 12.1 Å². The van der Waals surface area contributed by atoms with Gasteiger partial charge in [0.2, 0.25) is 0 Å². The third-order valence-electron chi connectivity index (χ3n) is 1.91. The second kappa shape index (κ2) is 3.80. The van der Waals surface area contributed by atoms with Gasteiger partial charge in [0.05, 0.1) is 5.56 Å². The molecule has 0 aliphatic carbocycles. The fraction of sp³-hybridized carbons (Fsp3) is 0.222. The zero-order valence-corrected chi connectivity index (χ0v) is 7.15. The first-order valence-electron chi connectivity index (χ1n) is 3.77. The molecule has 1 N–H and O–H groups in total. The molecule has 4 nitrogen and oxygen atoms in total. The van der Waals surface area contributed by atoms with Crippen LogP contribution in [-0.4, -0.2) is 11.1 Å². The van der Waals surface area contributed by atoms with Crippen LogP contribution < -0.4 is 0 Å². The molecule has 4 heteroatoms. The first-order valence-corrected chi connectivity index (χ1v) is 3.77. The van der Waals surface area contributed by atoms with Gasteiger partial charge in [0.15, 0.2) is 0 Å². The number of carboxylic acids is 1. The van der Waals surface area contributed by atoms with Crippen LogP contribution in [0.25, 0.3) is 0 Å². The van der Waals surface area contributed by atoms with Crippen LogP contribution in [0.5, 0.6) is 0 Å². The maximum atomic E-state index is 10.7. The van der Waals surface area contributed by atoms with Crippen molar-refractivity contribution in [1.82, 2.24) is 0 Å². The number of carbonyl (C=O) groups is 1. The van der Waals surface area contributed by atoms with E-state index in [0.29, 0.717) is 11.1 Å². The van der Waals surface area contributed by atoms with Gasteiger partial charge in [0.25, 0.3) is 0 Å². The highest BCUT2D eigenvalue weighted by atomic mass is 16.4. The molecule has 0 bridgehead atoms. The highest BCUT2D eigenvalue weighted by molar-refractivity contribution is 5.89. The van der Waals surface area contributed by atoms with Crippen molar-refractivity contribution in [3.05, 3.63) is 39.8 Å². The smallest absolute Gasteiger partial charge is 0.335 e. The molecule has 0 heterocycles. The van der Waals surface area contributed by atoms with E-state index in [4.69, 9.17) is 5.11 Å². The summed E-state index contributed by atoms with van der Waals surface area (Å²) in [5, 5.41) is 11.5. The van der Waals surface area contributed by atoms with Crippen LogP contribution in [0, 0.1) is 11.8 Å². The fourth-order valence-corrected chi connectivity index (χ4v) is 1.16. The topological polar surface area (TPSA) is 66.7 Å². The Morgan fingerprint density at radius 3 is 2.77 bits per heavy atom. The molecule has 13 heavy (non-hydrogen) atoms. The summed E-state index contributed by atoms with van der Waals surface area (Å²) < 4.78 is 0. The van der Waals surface area contributed by atoms with E-state index >= 15 is 0 Å². The van der Waals surface area contributed by atoms with E-state index in [1.54, 1.807) is 19.1 Å². The number of rotatable bonds is 3. The van der Waals surface area contributed by atoms with Gasteiger partial charge in [0.1, 0.15) is 6.54 Å². The quantitative estimate of drug-likeness (QED) is 0.721. The van der Waals surface area contributed by atoms with Gasteiger partial charge in [-0.2, -0.15) is 4.91 Å². The standard InChI is InChI=1S/C9H9NO3/c1-6-7(5-10-13)3-2-4-8(6)9(11)12/h2-4H,5H2,1H3,(H,11,12). The maximum absolute atomic E-state index is 10.7. The average Bonchev–Trinajstić information content (AvgIpc) is 2.08. The molecule has 0 radical (unpaired) electrons. The predicted molar refractivity (Wildman–Crippen MR) is 47.6 cm³/mol. The van der Waals surface area contributed by atoms with E-state index < -0.39 is 5.97 Å². The zero-order chi connectivity index (χ0) is 9.84. The normalized spacial score (nSPS) is 9.62. The van der Waals surface area contributed by atoms with Crippen molar-refractivity contribution in [3.63, 3.8) is 0 Å². The molecule has 0 aromatic heterocycles. The number of nitrogens with zero attached hydrogens (tertiary/aromatic N) is 1. The Kier molecular flexibility index (Phi) is 2.74. The van der Waals surface area contributed by atoms with Crippen molar-refractivity contribution in [2.24, 2.45) is 5.18 Å². The maximum Gasteiger partial charge on any atom is 0.335 e. The van der Waals surface area contributed by atoms with Crippen LogP contribution in [0.3, 0.4) is 0 Å². The van der Waals surface area contributed by atoms with Crippen LogP contribution in [0.4, 0.5) is 0 Å². The Morgan fingerprint density at radius 2 is 2.23 bits per heavy atom. The molecule has 0 fully saturated rings. The Morgan fingerprint density at radius 1 is 1.54 bits per heavy atom. The number of hydrogen-bond acceptors (Lipinski definition) is 3. The molecular formula is C9H9NO3. The van der Waals surface area contributed by atoms with E-state index in [1.807, 2.05) is 0 Å². The highest BCUT2D eigenvalue weighted by Crippen LogP contribution is 2.14. The summed E-state index contributed by atoms with van der Waals surface area (Å²) in [6.07, 6.45) is 0. The summed E-state index contributed by atoms with van der Waals surface area (Å²) >= 11 is 0. The molecule has 0 amide bonds. The van der Waals surface area contributed by atoms with Crippen LogP contribution >= 0.6 is 0 Å².